The molecule has 0 spiro atoms. The highest BCUT2D eigenvalue weighted by atomic mass is 16.7. The summed E-state index contributed by atoms with van der Waals surface area (Å²) in [5, 5.41) is 11.9. The van der Waals surface area contributed by atoms with Crippen molar-refractivity contribution in [3.05, 3.63) is 12.2 Å². The van der Waals surface area contributed by atoms with Gasteiger partial charge in [-0.15, -0.1) is 0 Å². The lowest BCUT2D eigenvalue weighted by atomic mass is 9.48. The number of fused-ring (bicyclic) bond motifs is 5. The van der Waals surface area contributed by atoms with Crippen LogP contribution in [0.3, 0.4) is 0 Å². The minimum absolute atomic E-state index is 0.0610. The molecular formula is C21H31NO4. The maximum absolute atomic E-state index is 11.8. The summed E-state index contributed by atoms with van der Waals surface area (Å²) in [6.07, 6.45) is 10.8. The van der Waals surface area contributed by atoms with Crippen molar-refractivity contribution in [2.75, 3.05) is 6.61 Å². The number of nitrogens with one attached hydrogen (secondary N) is 1. The third-order valence-corrected chi connectivity index (χ3v) is 8.57. The Bertz CT molecular complexity index is 632. The smallest absolute Gasteiger partial charge is 0.450 e. The lowest BCUT2D eigenvalue weighted by Gasteiger charge is -2.59. The van der Waals surface area contributed by atoms with Gasteiger partial charge in [-0.05, 0) is 80.1 Å². The van der Waals surface area contributed by atoms with Crippen molar-refractivity contribution in [3.8, 4) is 0 Å². The number of carboxylic acid groups (broad SMARTS) is 1. The summed E-state index contributed by atoms with van der Waals surface area (Å²) in [6.45, 7) is 5.12. The van der Waals surface area contributed by atoms with Gasteiger partial charge in [-0.2, -0.15) is 0 Å². The highest BCUT2D eigenvalue weighted by Crippen LogP contribution is 2.65. The Morgan fingerprint density at radius 3 is 2.81 bits per heavy atom. The van der Waals surface area contributed by atoms with Crippen molar-refractivity contribution in [2.45, 2.75) is 64.8 Å². The highest BCUT2D eigenvalue weighted by molar-refractivity contribution is 5.89. The molecule has 0 aromatic carbocycles. The van der Waals surface area contributed by atoms with Crippen LogP contribution in [0.1, 0.15) is 58.8 Å². The van der Waals surface area contributed by atoms with E-state index in [-0.39, 0.29) is 17.4 Å². The molecule has 3 fully saturated rings. The van der Waals surface area contributed by atoms with E-state index in [0.717, 1.165) is 24.7 Å². The molecule has 3 saturated carbocycles. The van der Waals surface area contributed by atoms with Crippen LogP contribution in [0, 0.1) is 34.5 Å². The number of ether oxygens (including phenoxy) is 1. The molecule has 0 aromatic rings. The number of amides is 1. The topological polar surface area (TPSA) is 75.6 Å². The average molecular weight is 361 g/mol. The van der Waals surface area contributed by atoms with E-state index < -0.39 is 6.16 Å². The fraction of sp³-hybridized carbons (Fsp3) is 0.810. The molecule has 4 aliphatic rings. The Morgan fingerprint density at radius 2 is 2.04 bits per heavy atom. The van der Waals surface area contributed by atoms with Crippen molar-refractivity contribution >= 4 is 12.1 Å². The molecule has 1 amide bonds. The number of rotatable bonds is 3. The minimum Gasteiger partial charge on any atom is -0.450 e. The Hall–Kier alpha value is -1.52. The van der Waals surface area contributed by atoms with Gasteiger partial charge in [0.05, 0.1) is 6.61 Å². The second-order valence-corrected chi connectivity index (χ2v) is 9.44. The molecule has 26 heavy (non-hydrogen) atoms. The normalized spacial score (nSPS) is 46.7. The number of carbonyl (C=O) groups excluding carboxylic acids is 1. The quantitative estimate of drug-likeness (QED) is 0.746. The first-order valence-corrected chi connectivity index (χ1v) is 10.2. The van der Waals surface area contributed by atoms with E-state index >= 15 is 0 Å². The monoisotopic (exact) mass is 361 g/mol. The summed E-state index contributed by atoms with van der Waals surface area (Å²) < 4.78 is 4.80. The van der Waals surface area contributed by atoms with Gasteiger partial charge >= 0.3 is 6.16 Å². The van der Waals surface area contributed by atoms with Crippen molar-refractivity contribution in [1.29, 1.82) is 0 Å². The van der Waals surface area contributed by atoms with E-state index in [1.165, 1.54) is 32.1 Å². The van der Waals surface area contributed by atoms with Crippen molar-refractivity contribution < 1.29 is 19.4 Å². The summed E-state index contributed by atoms with van der Waals surface area (Å²) in [5.41, 5.74) is 0.399. The standard InChI is InChI=1S/C21H31NO4/c1-20-10-7-16-14(4-6-17-21(16,2)11-8-18(23)22-17)15(20)5-3-13(20)9-12-26-19(24)25/h8,11,13-17H,3-7,9-10,12H2,1-2H3,(H,22,23)(H,24,25)/t13-,14?,15?,16?,17?,20-,21-/m1/s1. The first-order valence-electron chi connectivity index (χ1n) is 10.2. The molecule has 3 aliphatic carbocycles. The summed E-state index contributed by atoms with van der Waals surface area (Å²) in [5.74, 6) is 2.72. The van der Waals surface area contributed by atoms with Gasteiger partial charge < -0.3 is 15.2 Å². The van der Waals surface area contributed by atoms with Crippen LogP contribution in [0.25, 0.3) is 0 Å². The fourth-order valence-electron chi connectivity index (χ4n) is 7.20. The van der Waals surface area contributed by atoms with Crippen molar-refractivity contribution in [2.24, 2.45) is 34.5 Å². The van der Waals surface area contributed by atoms with Gasteiger partial charge in [0.25, 0.3) is 0 Å². The van der Waals surface area contributed by atoms with E-state index in [4.69, 9.17) is 9.84 Å². The SMILES string of the molecule is C[C@]12C=CC(=O)NC1CCC1C2CC[C@@]2(C)C1CC[C@@H]2CCOC(=O)O. The molecule has 5 heteroatoms. The molecule has 4 unspecified atom stereocenters. The zero-order chi connectivity index (χ0) is 18.5. The van der Waals surface area contributed by atoms with Gasteiger partial charge in [0.15, 0.2) is 0 Å². The Labute approximate surface area is 155 Å². The van der Waals surface area contributed by atoms with E-state index in [2.05, 4.69) is 25.2 Å². The van der Waals surface area contributed by atoms with Gasteiger partial charge in [-0.3, -0.25) is 4.79 Å². The number of hydrogen-bond acceptors (Lipinski definition) is 3. The Balaban J connectivity index is 1.51. The lowest BCUT2D eigenvalue weighted by molar-refractivity contribution is -0.122. The van der Waals surface area contributed by atoms with Crippen LogP contribution < -0.4 is 5.32 Å². The molecule has 0 bridgehead atoms. The molecule has 5 nitrogen and oxygen atoms in total. The summed E-state index contributed by atoms with van der Waals surface area (Å²) in [7, 11) is 0. The largest absolute Gasteiger partial charge is 0.505 e. The first kappa shape index (κ1) is 17.9. The second kappa shape index (κ2) is 6.28. The predicted octanol–water partition coefficient (Wildman–Crippen LogP) is 3.98. The van der Waals surface area contributed by atoms with E-state index in [9.17, 15) is 9.59 Å². The number of hydrogen-bond donors (Lipinski definition) is 2. The first-order chi connectivity index (χ1) is 12.3. The summed E-state index contributed by atoms with van der Waals surface area (Å²) in [4.78, 5) is 22.5. The van der Waals surface area contributed by atoms with E-state index in [1.54, 1.807) is 6.08 Å². The van der Waals surface area contributed by atoms with Crippen molar-refractivity contribution in [3.63, 3.8) is 0 Å². The third kappa shape index (κ3) is 2.66. The highest BCUT2D eigenvalue weighted by Gasteiger charge is 2.59. The molecule has 2 N–H and O–H groups in total. The van der Waals surface area contributed by atoms with E-state index in [1.807, 2.05) is 0 Å². The Morgan fingerprint density at radius 1 is 1.23 bits per heavy atom. The molecule has 144 valence electrons. The molecule has 7 atom stereocenters. The minimum atomic E-state index is -1.16. The van der Waals surface area contributed by atoms with Crippen LogP contribution in [-0.4, -0.2) is 29.8 Å². The van der Waals surface area contributed by atoms with Gasteiger partial charge in [-0.25, -0.2) is 4.79 Å². The maximum atomic E-state index is 11.8. The molecule has 4 rings (SSSR count). The van der Waals surface area contributed by atoms with E-state index in [0.29, 0.717) is 23.9 Å². The lowest BCUT2D eigenvalue weighted by Crippen LogP contribution is -2.59. The summed E-state index contributed by atoms with van der Waals surface area (Å²) in [6, 6.07) is 0.284. The third-order valence-electron chi connectivity index (χ3n) is 8.57. The zero-order valence-corrected chi connectivity index (χ0v) is 15.9. The van der Waals surface area contributed by atoms with Gasteiger partial charge in [-0.1, -0.05) is 19.9 Å². The van der Waals surface area contributed by atoms with Crippen LogP contribution in [-0.2, 0) is 9.53 Å². The molecule has 1 aliphatic heterocycles. The molecule has 0 aromatic heterocycles. The maximum Gasteiger partial charge on any atom is 0.505 e. The summed E-state index contributed by atoms with van der Waals surface area (Å²) >= 11 is 0. The molecule has 0 radical (unpaired) electrons. The van der Waals surface area contributed by atoms with Crippen LogP contribution in [0.5, 0.6) is 0 Å². The van der Waals surface area contributed by atoms with Gasteiger partial charge in [0.2, 0.25) is 5.91 Å². The number of carbonyl (C=O) groups is 2. The fourth-order valence-corrected chi connectivity index (χ4v) is 7.20. The second-order valence-electron chi connectivity index (χ2n) is 9.44. The molecule has 1 heterocycles. The zero-order valence-electron chi connectivity index (χ0n) is 15.9. The van der Waals surface area contributed by atoms with Crippen LogP contribution in [0.4, 0.5) is 4.79 Å². The molecular weight excluding hydrogens is 330 g/mol. The van der Waals surface area contributed by atoms with Gasteiger partial charge in [0.1, 0.15) is 0 Å². The van der Waals surface area contributed by atoms with Crippen LogP contribution in [0.2, 0.25) is 0 Å². The predicted molar refractivity (Wildman–Crippen MR) is 97.5 cm³/mol. The van der Waals surface area contributed by atoms with Gasteiger partial charge in [0, 0.05) is 11.5 Å². The molecule has 0 saturated heterocycles. The van der Waals surface area contributed by atoms with Crippen LogP contribution >= 0.6 is 0 Å². The van der Waals surface area contributed by atoms with Crippen LogP contribution in [0.15, 0.2) is 12.2 Å². The van der Waals surface area contributed by atoms with Crippen molar-refractivity contribution in [1.82, 2.24) is 5.32 Å². The Kier molecular flexibility index (Phi) is 4.31. The average Bonchev–Trinajstić information content (AvgIpc) is 2.92.